The highest BCUT2D eigenvalue weighted by molar-refractivity contribution is 5.88. The number of carbonyl (C=O) groups excluding carboxylic acids is 2. The molecule has 3 heterocycles. The maximum Gasteiger partial charge on any atom is 0.336 e. The van der Waals surface area contributed by atoms with Gasteiger partial charge >= 0.3 is 29.1 Å². The number of aromatic nitrogens is 3. The van der Waals surface area contributed by atoms with Gasteiger partial charge < -0.3 is 24.1 Å². The van der Waals surface area contributed by atoms with E-state index in [1.165, 1.54) is 31.1 Å². The first-order valence-electron chi connectivity index (χ1n) is 13.9. The van der Waals surface area contributed by atoms with Crippen LogP contribution in [0.15, 0.2) is 14.4 Å². The normalized spacial score (nSPS) is 22.2. The Balaban J connectivity index is 1.96. The van der Waals surface area contributed by atoms with E-state index in [2.05, 4.69) is 0 Å². The van der Waals surface area contributed by atoms with Crippen molar-refractivity contribution < 1.29 is 33.6 Å². The minimum atomic E-state index is -1.18. The second-order valence-electron chi connectivity index (χ2n) is 9.83. The third-order valence-electron chi connectivity index (χ3n) is 8.08. The van der Waals surface area contributed by atoms with Gasteiger partial charge in [-0.05, 0) is 19.8 Å². The highest BCUT2D eigenvalue weighted by Crippen LogP contribution is 2.54. The lowest BCUT2D eigenvalue weighted by molar-refractivity contribution is -0.127. The van der Waals surface area contributed by atoms with Crippen molar-refractivity contribution in [2.45, 2.75) is 64.6 Å². The van der Waals surface area contributed by atoms with E-state index in [4.69, 9.17) is 18.9 Å². The van der Waals surface area contributed by atoms with Crippen LogP contribution in [-0.4, -0.2) is 130 Å². The highest BCUT2D eigenvalue weighted by Gasteiger charge is 2.76. The first-order valence-corrected chi connectivity index (χ1v) is 13.9. The molecule has 238 valence electrons. The van der Waals surface area contributed by atoms with Gasteiger partial charge in [-0.3, -0.25) is 19.6 Å². The van der Waals surface area contributed by atoms with Crippen molar-refractivity contribution in [3.63, 3.8) is 0 Å². The fourth-order valence-electron chi connectivity index (χ4n) is 6.40. The smallest absolute Gasteiger partial charge is 0.336 e. The third kappa shape index (κ3) is 4.92. The summed E-state index contributed by atoms with van der Waals surface area (Å²) in [5, 5.41) is 9.36. The van der Waals surface area contributed by atoms with E-state index < -0.39 is 35.0 Å². The predicted octanol–water partition coefficient (Wildman–Crippen LogP) is -1.30. The Morgan fingerprint density at radius 1 is 0.595 bits per heavy atom. The van der Waals surface area contributed by atoms with Gasteiger partial charge in [-0.25, -0.2) is 37.7 Å². The lowest BCUT2D eigenvalue weighted by Crippen LogP contribution is -2.68. The van der Waals surface area contributed by atoms with E-state index in [1.807, 2.05) is 20.8 Å². The molecule has 4 amide bonds. The maximum atomic E-state index is 13.9. The summed E-state index contributed by atoms with van der Waals surface area (Å²) in [6, 6.07) is -0.709. The number of ether oxygens (including phenoxy) is 4. The van der Waals surface area contributed by atoms with E-state index in [0.717, 1.165) is 13.7 Å². The van der Waals surface area contributed by atoms with Gasteiger partial charge in [0.05, 0.1) is 39.5 Å². The maximum absolute atomic E-state index is 13.9. The van der Waals surface area contributed by atoms with Gasteiger partial charge in [0.25, 0.3) is 0 Å². The molecular formula is C25H43N7O10. The van der Waals surface area contributed by atoms with Crippen LogP contribution in [0.2, 0.25) is 0 Å². The number of nitrogens with zero attached hydrogens (tertiary/aromatic N) is 7. The Morgan fingerprint density at radius 3 is 1.45 bits per heavy atom. The number of hydrogen-bond acceptors (Lipinski definition) is 10. The molecule has 17 heteroatoms. The molecule has 1 aromatic rings. The zero-order valence-corrected chi connectivity index (χ0v) is 25.2. The zero-order chi connectivity index (χ0) is 31.2. The van der Waals surface area contributed by atoms with Crippen molar-refractivity contribution in [3.05, 3.63) is 31.5 Å². The number of aliphatic hydroxyl groups is 1. The number of amides is 4. The molecule has 0 saturated carbocycles. The van der Waals surface area contributed by atoms with Crippen LogP contribution >= 0.6 is 0 Å². The van der Waals surface area contributed by atoms with Crippen LogP contribution in [0, 0.1) is 0 Å². The number of urea groups is 2. The van der Waals surface area contributed by atoms with Crippen LogP contribution in [0.1, 0.15) is 33.6 Å². The number of hydrogen-bond donors (Lipinski definition) is 1. The molecule has 0 spiro atoms. The van der Waals surface area contributed by atoms with Crippen LogP contribution in [0.4, 0.5) is 9.59 Å². The molecule has 1 aromatic heterocycles. The molecule has 2 fully saturated rings. The van der Waals surface area contributed by atoms with Crippen molar-refractivity contribution in [2.24, 2.45) is 0 Å². The third-order valence-corrected chi connectivity index (χ3v) is 8.08. The standard InChI is InChI=1S/C25H43N7O10/c1-7-24-25(8-2,31(17-41-6)23(38)30(24)16-40-5)32(22(37)29(24)9-3)18-42-15-12-28-20(35)26(10-13-33)19(34)27(21(28)36)11-14-39-4/h33H,7-18H2,1-6H3. The van der Waals surface area contributed by atoms with Gasteiger partial charge in [0.1, 0.15) is 20.2 Å². The first-order chi connectivity index (χ1) is 20.1. The molecular weight excluding hydrogens is 558 g/mol. The molecule has 42 heavy (non-hydrogen) atoms. The van der Waals surface area contributed by atoms with Crippen LogP contribution < -0.4 is 17.1 Å². The lowest BCUT2D eigenvalue weighted by atomic mass is 9.86. The Hall–Kier alpha value is -3.25. The molecule has 1 N–H and O–H groups in total. The summed E-state index contributed by atoms with van der Waals surface area (Å²) in [6.45, 7) is 4.32. The van der Waals surface area contributed by atoms with E-state index in [0.29, 0.717) is 19.4 Å². The molecule has 0 aliphatic carbocycles. The van der Waals surface area contributed by atoms with E-state index >= 15 is 0 Å². The molecule has 0 bridgehead atoms. The molecule has 2 aliphatic rings. The molecule has 3 rings (SSSR count). The highest BCUT2D eigenvalue weighted by atomic mass is 16.5. The summed E-state index contributed by atoms with van der Waals surface area (Å²) >= 11 is 0. The molecule has 0 radical (unpaired) electrons. The Bertz CT molecular complexity index is 1300. The molecule has 2 saturated heterocycles. The molecule has 2 atom stereocenters. The number of methoxy groups -OCH3 is 3. The number of likely N-dealkylation sites (N-methyl/N-ethyl adjacent to an activating group) is 1. The molecule has 2 aliphatic heterocycles. The predicted molar refractivity (Wildman–Crippen MR) is 147 cm³/mol. The topological polar surface area (TPSA) is 170 Å². The molecule has 17 nitrogen and oxygen atoms in total. The van der Waals surface area contributed by atoms with Crippen LogP contribution in [0.3, 0.4) is 0 Å². The van der Waals surface area contributed by atoms with Gasteiger partial charge in [0.2, 0.25) is 0 Å². The summed E-state index contributed by atoms with van der Waals surface area (Å²) in [5.74, 6) is 0. The van der Waals surface area contributed by atoms with E-state index in [9.17, 15) is 29.1 Å². The van der Waals surface area contributed by atoms with Gasteiger partial charge in [-0.1, -0.05) is 13.8 Å². The second-order valence-corrected chi connectivity index (χ2v) is 9.83. The van der Waals surface area contributed by atoms with E-state index in [1.54, 1.807) is 9.80 Å². The zero-order valence-electron chi connectivity index (χ0n) is 25.2. The van der Waals surface area contributed by atoms with E-state index in [-0.39, 0.29) is 65.1 Å². The number of carbonyl (C=O) groups is 2. The lowest BCUT2D eigenvalue weighted by Gasteiger charge is -2.48. The molecule has 2 unspecified atom stereocenters. The van der Waals surface area contributed by atoms with Crippen LogP contribution in [0.5, 0.6) is 0 Å². The Kier molecular flexibility index (Phi) is 10.9. The summed E-state index contributed by atoms with van der Waals surface area (Å²) < 4.78 is 24.2. The Labute approximate surface area is 243 Å². The van der Waals surface area contributed by atoms with Gasteiger partial charge in [-0.2, -0.15) is 0 Å². The van der Waals surface area contributed by atoms with Crippen molar-refractivity contribution in [2.75, 3.05) is 67.9 Å². The summed E-state index contributed by atoms with van der Waals surface area (Å²) in [5.41, 5.74) is -4.84. The number of aliphatic hydroxyl groups excluding tert-OH is 1. The monoisotopic (exact) mass is 601 g/mol. The van der Waals surface area contributed by atoms with Crippen molar-refractivity contribution >= 4 is 12.1 Å². The number of rotatable bonds is 17. The largest absolute Gasteiger partial charge is 0.395 e. The van der Waals surface area contributed by atoms with Crippen molar-refractivity contribution in [1.29, 1.82) is 0 Å². The first kappa shape index (κ1) is 33.3. The molecule has 0 aromatic carbocycles. The van der Waals surface area contributed by atoms with Crippen molar-refractivity contribution in [3.8, 4) is 0 Å². The average molecular weight is 602 g/mol. The van der Waals surface area contributed by atoms with Gasteiger partial charge in [0, 0.05) is 27.9 Å². The second kappa shape index (κ2) is 13.8. The summed E-state index contributed by atoms with van der Waals surface area (Å²) in [4.78, 5) is 72.4. The fourth-order valence-corrected chi connectivity index (χ4v) is 6.40. The summed E-state index contributed by atoms with van der Waals surface area (Å²) in [6.07, 6.45) is 0.743. The number of fused-ring (bicyclic) bond motifs is 1. The quantitative estimate of drug-likeness (QED) is 0.212. The SMILES string of the molecule is CCN1C(=O)N(COCCn2c(=O)n(CCO)c(=O)n(CCOC)c2=O)C2(CC)N(COC)C(=O)N(COC)C12CC. The van der Waals surface area contributed by atoms with Crippen molar-refractivity contribution in [1.82, 2.24) is 33.3 Å². The summed E-state index contributed by atoms with van der Waals surface area (Å²) in [7, 11) is 4.36. The Morgan fingerprint density at radius 2 is 1.02 bits per heavy atom. The van der Waals surface area contributed by atoms with Gasteiger partial charge in [0.15, 0.2) is 11.3 Å². The van der Waals surface area contributed by atoms with Crippen LogP contribution in [-0.2, 0) is 38.6 Å². The van der Waals surface area contributed by atoms with Gasteiger partial charge in [-0.15, -0.1) is 0 Å². The average Bonchev–Trinajstić information content (AvgIpc) is 3.31. The minimum Gasteiger partial charge on any atom is -0.395 e. The van der Waals surface area contributed by atoms with Crippen LogP contribution in [0.25, 0.3) is 0 Å². The minimum absolute atomic E-state index is 0.0467. The fraction of sp³-hybridized carbons (Fsp3) is 0.800.